The van der Waals surface area contributed by atoms with Crippen molar-refractivity contribution in [3.63, 3.8) is 0 Å². The Morgan fingerprint density at radius 3 is 2.57 bits per heavy atom. The van der Waals surface area contributed by atoms with Crippen molar-refractivity contribution >= 4 is 50.5 Å². The molecule has 0 atom stereocenters. The summed E-state index contributed by atoms with van der Waals surface area (Å²) in [6, 6.07) is 8.13. The largest absolute Gasteiger partial charge is 0.447 e. The Bertz CT molecular complexity index is 1350. The topological polar surface area (TPSA) is 132 Å². The number of carbonyl (C=O) groups is 2. The first-order chi connectivity index (χ1) is 16.5. The summed E-state index contributed by atoms with van der Waals surface area (Å²) in [6.07, 6.45) is 0.319. The lowest BCUT2D eigenvalue weighted by Crippen LogP contribution is -2.33. The maximum atomic E-state index is 12.5. The van der Waals surface area contributed by atoms with Crippen molar-refractivity contribution in [2.45, 2.75) is 53.2 Å². The molecule has 10 nitrogen and oxygen atoms in total. The third kappa shape index (κ3) is 6.92. The minimum Gasteiger partial charge on any atom is -0.447 e. The Morgan fingerprint density at radius 2 is 1.91 bits per heavy atom. The highest BCUT2D eigenvalue weighted by atomic mass is 35.5. The normalized spacial score (nSPS) is 11.6. The fourth-order valence-electron chi connectivity index (χ4n) is 3.29. The number of benzene rings is 1. The molecule has 2 aromatic heterocycles. The molecule has 0 radical (unpaired) electrons. The van der Waals surface area contributed by atoms with Gasteiger partial charge >= 0.3 is 6.09 Å². The van der Waals surface area contributed by atoms with Gasteiger partial charge in [0.05, 0.1) is 18.4 Å². The van der Waals surface area contributed by atoms with Crippen molar-refractivity contribution in [1.82, 2.24) is 19.3 Å². The molecular formula is C23H28ClN5O5S. The van der Waals surface area contributed by atoms with E-state index in [-0.39, 0.29) is 17.6 Å². The molecule has 0 saturated carbocycles. The second-order valence-corrected chi connectivity index (χ2v) is 10.5. The number of sulfonamides is 1. The molecule has 0 aliphatic carbocycles. The number of hydrogen-bond donors (Lipinski definition) is 2. The standard InChI is InChI=1S/C23H28ClN5O5S/c1-5-6-11-35(32,33)28-22(30)20-10-9-19-21(27-20)29(15(4)25-19)13-16-7-8-17(12-18(16)24)26-23(31)34-14(2)3/h7-10,12,14H,5-6,11,13H2,1-4H3,(H,26,31)(H,28,30). The molecule has 1 aromatic carbocycles. The van der Waals surface area contributed by atoms with Crippen molar-refractivity contribution in [1.29, 1.82) is 0 Å². The Kier molecular flexibility index (Phi) is 8.34. The number of ether oxygens (including phenoxy) is 1. The molecule has 12 heteroatoms. The van der Waals surface area contributed by atoms with Crippen LogP contribution in [0, 0.1) is 6.92 Å². The van der Waals surface area contributed by atoms with Gasteiger partial charge in [-0.15, -0.1) is 0 Å². The average Bonchev–Trinajstić information content (AvgIpc) is 3.07. The Morgan fingerprint density at radius 1 is 1.17 bits per heavy atom. The number of anilines is 1. The molecule has 2 N–H and O–H groups in total. The number of nitrogens with zero attached hydrogens (tertiary/aromatic N) is 3. The van der Waals surface area contributed by atoms with Crippen LogP contribution in [-0.2, 0) is 21.3 Å². The van der Waals surface area contributed by atoms with Crippen molar-refractivity contribution in [2.24, 2.45) is 0 Å². The van der Waals surface area contributed by atoms with E-state index in [0.717, 1.165) is 5.56 Å². The predicted octanol–water partition coefficient (Wildman–Crippen LogP) is 4.26. The zero-order valence-electron chi connectivity index (χ0n) is 20.0. The molecule has 0 bridgehead atoms. The van der Waals surface area contributed by atoms with E-state index >= 15 is 0 Å². The SMILES string of the molecule is CCCCS(=O)(=O)NC(=O)c1ccc2nc(C)n(Cc3ccc(NC(=O)OC(C)C)cc3Cl)c2n1. The number of amides is 2. The molecule has 3 aromatic rings. The fourth-order valence-corrected chi connectivity index (χ4v) is 4.69. The van der Waals surface area contributed by atoms with Gasteiger partial charge in [-0.3, -0.25) is 10.1 Å². The number of pyridine rings is 1. The highest BCUT2D eigenvalue weighted by molar-refractivity contribution is 7.90. The van der Waals surface area contributed by atoms with Crippen LogP contribution in [0.15, 0.2) is 30.3 Å². The van der Waals surface area contributed by atoms with Crippen LogP contribution < -0.4 is 10.0 Å². The number of imidazole rings is 1. The van der Waals surface area contributed by atoms with Gasteiger partial charge in [-0.05, 0) is 57.0 Å². The van der Waals surface area contributed by atoms with E-state index in [1.807, 2.05) is 6.92 Å². The molecule has 0 aliphatic rings. The summed E-state index contributed by atoms with van der Waals surface area (Å²) in [5.74, 6) is -0.290. The van der Waals surface area contributed by atoms with Gasteiger partial charge in [0, 0.05) is 10.7 Å². The van der Waals surface area contributed by atoms with E-state index in [1.54, 1.807) is 49.6 Å². The molecule has 188 valence electrons. The molecule has 35 heavy (non-hydrogen) atoms. The number of aryl methyl sites for hydroxylation is 1. The second kappa shape index (κ2) is 11.0. The monoisotopic (exact) mass is 521 g/mol. The maximum Gasteiger partial charge on any atom is 0.411 e. The Labute approximate surface area is 209 Å². The third-order valence-electron chi connectivity index (χ3n) is 5.00. The van der Waals surface area contributed by atoms with Crippen LogP contribution in [0.4, 0.5) is 10.5 Å². The Balaban J connectivity index is 1.84. The van der Waals surface area contributed by atoms with E-state index in [9.17, 15) is 18.0 Å². The first-order valence-corrected chi connectivity index (χ1v) is 13.2. The second-order valence-electron chi connectivity index (χ2n) is 8.27. The van der Waals surface area contributed by atoms with Gasteiger partial charge in [0.15, 0.2) is 5.65 Å². The molecule has 3 rings (SSSR count). The quantitative estimate of drug-likeness (QED) is 0.430. The average molecular weight is 522 g/mol. The number of nitrogens with one attached hydrogen (secondary N) is 2. The van der Waals surface area contributed by atoms with Gasteiger partial charge in [-0.25, -0.2) is 27.9 Å². The van der Waals surface area contributed by atoms with E-state index in [1.165, 1.54) is 6.07 Å². The van der Waals surface area contributed by atoms with Crippen LogP contribution >= 0.6 is 11.6 Å². The molecular weight excluding hydrogens is 494 g/mol. The minimum absolute atomic E-state index is 0.0342. The predicted molar refractivity (Wildman–Crippen MR) is 134 cm³/mol. The van der Waals surface area contributed by atoms with Gasteiger partial charge in [-0.2, -0.15) is 0 Å². The van der Waals surface area contributed by atoms with Gasteiger partial charge in [-0.1, -0.05) is 31.0 Å². The van der Waals surface area contributed by atoms with Gasteiger partial charge in [0.25, 0.3) is 5.91 Å². The first kappa shape index (κ1) is 26.4. The molecule has 0 spiro atoms. The van der Waals surface area contributed by atoms with Crippen molar-refractivity contribution < 1.29 is 22.7 Å². The van der Waals surface area contributed by atoms with Crippen LogP contribution in [0.5, 0.6) is 0 Å². The summed E-state index contributed by atoms with van der Waals surface area (Å²) in [5.41, 5.74) is 2.15. The number of carbonyl (C=O) groups excluding carboxylic acids is 2. The summed E-state index contributed by atoms with van der Waals surface area (Å²) in [7, 11) is -3.74. The van der Waals surface area contributed by atoms with Crippen LogP contribution in [0.25, 0.3) is 11.2 Å². The van der Waals surface area contributed by atoms with Gasteiger partial charge in [0.2, 0.25) is 10.0 Å². The van der Waals surface area contributed by atoms with Crippen LogP contribution in [-0.4, -0.2) is 46.8 Å². The Hall–Kier alpha value is -3.18. The zero-order chi connectivity index (χ0) is 25.8. The molecule has 0 unspecified atom stereocenters. The number of fused-ring (bicyclic) bond motifs is 1. The molecule has 0 aliphatic heterocycles. The fraction of sp³-hybridized carbons (Fsp3) is 0.391. The lowest BCUT2D eigenvalue weighted by atomic mass is 10.2. The number of unbranched alkanes of at least 4 members (excludes halogenated alkanes) is 1. The van der Waals surface area contributed by atoms with Crippen molar-refractivity contribution in [3.05, 3.63) is 52.4 Å². The number of halogens is 1. The highest BCUT2D eigenvalue weighted by Gasteiger charge is 2.19. The lowest BCUT2D eigenvalue weighted by Gasteiger charge is -2.12. The minimum atomic E-state index is -3.74. The molecule has 2 heterocycles. The summed E-state index contributed by atoms with van der Waals surface area (Å²) in [4.78, 5) is 33.2. The third-order valence-corrected chi connectivity index (χ3v) is 6.68. The number of rotatable bonds is 9. The summed E-state index contributed by atoms with van der Waals surface area (Å²) >= 11 is 6.46. The van der Waals surface area contributed by atoms with Crippen molar-refractivity contribution in [2.75, 3.05) is 11.1 Å². The molecule has 0 saturated heterocycles. The highest BCUT2D eigenvalue weighted by Crippen LogP contribution is 2.24. The van der Waals surface area contributed by atoms with E-state index in [4.69, 9.17) is 16.3 Å². The lowest BCUT2D eigenvalue weighted by molar-refractivity contribution is 0.0976. The number of hydrogen-bond acceptors (Lipinski definition) is 7. The maximum absolute atomic E-state index is 12.5. The van der Waals surface area contributed by atoms with E-state index < -0.39 is 22.0 Å². The van der Waals surface area contributed by atoms with Crippen LogP contribution in [0.3, 0.4) is 0 Å². The van der Waals surface area contributed by atoms with Gasteiger partial charge < -0.3 is 9.30 Å². The summed E-state index contributed by atoms with van der Waals surface area (Å²) < 4.78 is 33.1. The molecule has 0 fully saturated rings. The smallest absolute Gasteiger partial charge is 0.411 e. The van der Waals surface area contributed by atoms with Crippen molar-refractivity contribution in [3.8, 4) is 0 Å². The van der Waals surface area contributed by atoms with Crippen LogP contribution in [0.1, 0.15) is 55.5 Å². The summed E-state index contributed by atoms with van der Waals surface area (Å²) in [5, 5.41) is 3.03. The van der Waals surface area contributed by atoms with E-state index in [2.05, 4.69) is 20.0 Å². The molecule has 2 amide bonds. The number of aromatic nitrogens is 3. The van der Waals surface area contributed by atoms with Crippen LogP contribution in [0.2, 0.25) is 5.02 Å². The van der Waals surface area contributed by atoms with E-state index in [0.29, 0.717) is 47.1 Å². The zero-order valence-corrected chi connectivity index (χ0v) is 21.5. The van der Waals surface area contributed by atoms with Gasteiger partial charge in [0.1, 0.15) is 17.0 Å². The summed E-state index contributed by atoms with van der Waals surface area (Å²) in [6.45, 7) is 7.46. The first-order valence-electron chi connectivity index (χ1n) is 11.1.